The summed E-state index contributed by atoms with van der Waals surface area (Å²) < 4.78 is 0. The van der Waals surface area contributed by atoms with E-state index in [9.17, 15) is 0 Å². The fourth-order valence-electron chi connectivity index (χ4n) is 3.33. The van der Waals surface area contributed by atoms with E-state index >= 15 is 0 Å². The van der Waals surface area contributed by atoms with E-state index in [2.05, 4.69) is 41.5 Å². The van der Waals surface area contributed by atoms with E-state index in [0.29, 0.717) is 0 Å². The Bertz CT molecular complexity index is 155. The first kappa shape index (κ1) is 25.2. The van der Waals surface area contributed by atoms with E-state index in [1.54, 1.807) is 0 Å². The van der Waals surface area contributed by atoms with Crippen molar-refractivity contribution in [3.8, 4) is 0 Å². The van der Waals surface area contributed by atoms with Crippen molar-refractivity contribution in [2.45, 2.75) is 79.6 Å². The number of hydrogen-bond acceptors (Lipinski definition) is 0. The summed E-state index contributed by atoms with van der Waals surface area (Å²) in [7, 11) is 0. The summed E-state index contributed by atoms with van der Waals surface area (Å²) in [4.78, 5) is 0. The summed E-state index contributed by atoms with van der Waals surface area (Å²) >= 11 is 0. The second-order valence-corrected chi connectivity index (χ2v) is 6.56. The van der Waals surface area contributed by atoms with Gasteiger partial charge in [-0.1, -0.05) is 53.9 Å². The van der Waals surface area contributed by atoms with Crippen LogP contribution >= 0.6 is 0 Å². The third-order valence-corrected chi connectivity index (χ3v) is 3.89. The average Bonchev–Trinajstić information content (AvgIpc) is 2.16. The first-order chi connectivity index (χ1) is 7.99. The van der Waals surface area contributed by atoms with Gasteiger partial charge < -0.3 is 23.9 Å². The summed E-state index contributed by atoms with van der Waals surface area (Å²) in [5.41, 5.74) is 0. The second-order valence-electron chi connectivity index (χ2n) is 6.56. The molecular formula is C17H35BrMg. The summed E-state index contributed by atoms with van der Waals surface area (Å²) in [5, 5.41) is 0. The molecule has 0 bridgehead atoms. The summed E-state index contributed by atoms with van der Waals surface area (Å²) in [6.45, 7) is 15.9. The molecule has 0 heterocycles. The number of hydrogen-bond donors (Lipinski definition) is 0. The van der Waals surface area contributed by atoms with Gasteiger partial charge in [-0.3, -0.25) is 0 Å². The van der Waals surface area contributed by atoms with E-state index in [0.717, 1.165) is 30.1 Å². The zero-order valence-corrected chi connectivity index (χ0v) is 17.1. The van der Waals surface area contributed by atoms with Gasteiger partial charge in [0, 0.05) is 0 Å². The van der Waals surface area contributed by atoms with E-state index in [1.165, 1.54) is 38.5 Å². The minimum Gasteiger partial charge on any atom is -1.00 e. The van der Waals surface area contributed by atoms with Gasteiger partial charge in [-0.2, -0.15) is 6.42 Å². The predicted molar refractivity (Wildman–Crippen MR) is 85.8 cm³/mol. The van der Waals surface area contributed by atoms with Gasteiger partial charge in [0.1, 0.15) is 0 Å². The first-order valence-electron chi connectivity index (χ1n) is 7.78. The van der Waals surface area contributed by atoms with Gasteiger partial charge in [-0.25, -0.2) is 0 Å². The molecule has 0 rings (SSSR count). The van der Waals surface area contributed by atoms with Gasteiger partial charge in [0.2, 0.25) is 0 Å². The van der Waals surface area contributed by atoms with Gasteiger partial charge in [0.25, 0.3) is 0 Å². The average molecular weight is 344 g/mol. The van der Waals surface area contributed by atoms with Gasteiger partial charge >= 0.3 is 23.1 Å². The molecule has 4 atom stereocenters. The Morgan fingerprint density at radius 3 is 1.47 bits per heavy atom. The van der Waals surface area contributed by atoms with E-state index in [4.69, 9.17) is 0 Å². The maximum absolute atomic E-state index is 3.95. The molecule has 0 aromatic rings. The van der Waals surface area contributed by atoms with Crippen LogP contribution in [0.25, 0.3) is 0 Å². The molecule has 0 saturated heterocycles. The zero-order valence-electron chi connectivity index (χ0n) is 14.1. The molecule has 0 nitrogen and oxygen atoms in total. The van der Waals surface area contributed by atoms with Crippen LogP contribution in [-0.2, 0) is 0 Å². The molecule has 0 aliphatic heterocycles. The molecule has 19 heavy (non-hydrogen) atoms. The molecule has 0 N–H and O–H groups in total. The van der Waals surface area contributed by atoms with Crippen LogP contribution in [0.5, 0.6) is 0 Å². The monoisotopic (exact) mass is 342 g/mol. The normalized spacial score (nSPS) is 16.7. The number of halogens is 1. The Balaban J connectivity index is -0.00000128. The largest absolute Gasteiger partial charge is 2.00 e. The SMILES string of the molecule is [Br-].[CH2-]CCC(C)CC(C)CC(C)CC(C)CCC.[Mg+2]. The minimum atomic E-state index is 0. The molecule has 0 spiro atoms. The second kappa shape index (κ2) is 15.6. The van der Waals surface area contributed by atoms with Gasteiger partial charge in [0.05, 0.1) is 0 Å². The quantitative estimate of drug-likeness (QED) is 0.423. The Labute approximate surface area is 149 Å². The smallest absolute Gasteiger partial charge is 1.00 e. The minimum absolute atomic E-state index is 0. The molecule has 0 aliphatic carbocycles. The van der Waals surface area contributed by atoms with Crippen LogP contribution in [0.2, 0.25) is 0 Å². The van der Waals surface area contributed by atoms with Crippen molar-refractivity contribution in [1.82, 2.24) is 0 Å². The van der Waals surface area contributed by atoms with Crippen molar-refractivity contribution < 1.29 is 17.0 Å². The summed E-state index contributed by atoms with van der Waals surface area (Å²) in [6.07, 6.45) is 9.35. The Morgan fingerprint density at radius 1 is 0.737 bits per heavy atom. The standard InChI is InChI=1S/C17H35.BrH.Mg/c1-7-9-14(3)11-16(5)13-17(6)12-15(4)10-8-2;;/h14-17H,1,7-13H2,2-6H3;1H;/q-1;;+2/p-1. The first-order valence-corrected chi connectivity index (χ1v) is 7.78. The fraction of sp³-hybridized carbons (Fsp3) is 0.941. The van der Waals surface area contributed by atoms with Crippen LogP contribution in [-0.4, -0.2) is 23.1 Å². The van der Waals surface area contributed by atoms with Crippen molar-refractivity contribution >= 4 is 23.1 Å². The Morgan fingerprint density at radius 2 is 1.11 bits per heavy atom. The number of rotatable bonds is 10. The van der Waals surface area contributed by atoms with Crippen molar-refractivity contribution in [2.75, 3.05) is 0 Å². The zero-order chi connectivity index (χ0) is 13.3. The van der Waals surface area contributed by atoms with Crippen molar-refractivity contribution in [3.05, 3.63) is 6.92 Å². The Kier molecular flexibility index (Phi) is 20.7. The molecular weight excluding hydrogens is 308 g/mol. The van der Waals surface area contributed by atoms with E-state index in [-0.39, 0.29) is 40.0 Å². The fourth-order valence-corrected chi connectivity index (χ4v) is 3.33. The molecule has 0 aromatic heterocycles. The van der Waals surface area contributed by atoms with Crippen LogP contribution in [0.1, 0.15) is 79.6 Å². The van der Waals surface area contributed by atoms with E-state index in [1.807, 2.05) is 0 Å². The molecule has 0 saturated carbocycles. The molecule has 0 aromatic carbocycles. The van der Waals surface area contributed by atoms with Crippen LogP contribution in [0.3, 0.4) is 0 Å². The molecule has 2 heteroatoms. The van der Waals surface area contributed by atoms with Crippen molar-refractivity contribution in [2.24, 2.45) is 23.7 Å². The molecule has 112 valence electrons. The van der Waals surface area contributed by atoms with E-state index < -0.39 is 0 Å². The third-order valence-electron chi connectivity index (χ3n) is 3.89. The topological polar surface area (TPSA) is 0 Å². The van der Waals surface area contributed by atoms with Crippen molar-refractivity contribution in [3.63, 3.8) is 0 Å². The van der Waals surface area contributed by atoms with Crippen LogP contribution < -0.4 is 17.0 Å². The Hall–Kier alpha value is 1.25. The predicted octanol–water partition coefficient (Wildman–Crippen LogP) is 2.74. The maximum atomic E-state index is 3.95. The maximum Gasteiger partial charge on any atom is 2.00 e. The van der Waals surface area contributed by atoms with Crippen LogP contribution in [0, 0.1) is 30.6 Å². The summed E-state index contributed by atoms with van der Waals surface area (Å²) in [6, 6.07) is 0. The van der Waals surface area contributed by atoms with Crippen LogP contribution in [0.15, 0.2) is 0 Å². The molecule has 0 amide bonds. The molecule has 4 unspecified atom stereocenters. The third kappa shape index (κ3) is 15.5. The molecule has 0 aliphatic rings. The summed E-state index contributed by atoms with van der Waals surface area (Å²) in [5.74, 6) is 3.57. The molecule has 0 radical (unpaired) electrons. The van der Waals surface area contributed by atoms with Crippen molar-refractivity contribution in [1.29, 1.82) is 0 Å². The van der Waals surface area contributed by atoms with Gasteiger partial charge in [0.15, 0.2) is 0 Å². The van der Waals surface area contributed by atoms with Gasteiger partial charge in [-0.15, -0.1) is 0 Å². The van der Waals surface area contributed by atoms with Gasteiger partial charge in [-0.05, 0) is 42.9 Å². The molecule has 0 fully saturated rings. The van der Waals surface area contributed by atoms with Crippen LogP contribution in [0.4, 0.5) is 0 Å².